The molecule has 0 atom stereocenters. The summed E-state index contributed by atoms with van der Waals surface area (Å²) in [5, 5.41) is 9.58. The van der Waals surface area contributed by atoms with E-state index in [1.807, 2.05) is 4.90 Å². The average Bonchev–Trinajstić information content (AvgIpc) is 2.72. The van der Waals surface area contributed by atoms with Gasteiger partial charge in [-0.1, -0.05) is 0 Å². The molecule has 0 aromatic carbocycles. The Kier molecular flexibility index (Phi) is 2.73. The molecule has 2 N–H and O–H groups in total. The number of piperazine rings is 1. The van der Waals surface area contributed by atoms with Gasteiger partial charge in [0.1, 0.15) is 12.2 Å². The number of amides is 1. The lowest BCUT2D eigenvalue weighted by Gasteiger charge is -2.27. The molecule has 1 fully saturated rings. The van der Waals surface area contributed by atoms with Crippen molar-refractivity contribution in [1.29, 1.82) is 0 Å². The lowest BCUT2D eigenvalue weighted by atomic mass is 10.3. The number of rotatable bonds is 2. The van der Waals surface area contributed by atoms with Crippen molar-refractivity contribution < 1.29 is 4.79 Å². The molecule has 1 aliphatic heterocycles. The zero-order valence-corrected chi connectivity index (χ0v) is 7.86. The second-order valence-electron chi connectivity index (χ2n) is 3.24. The van der Waals surface area contributed by atoms with Crippen LogP contribution in [0.2, 0.25) is 0 Å². The highest BCUT2D eigenvalue weighted by Gasteiger charge is 2.16. The first-order valence-electron chi connectivity index (χ1n) is 4.69. The zero-order valence-electron chi connectivity index (χ0n) is 7.86. The van der Waals surface area contributed by atoms with Gasteiger partial charge in [-0.2, -0.15) is 5.10 Å². The Balaban J connectivity index is 1.88. The van der Waals surface area contributed by atoms with Crippen molar-refractivity contribution >= 4 is 5.91 Å². The van der Waals surface area contributed by atoms with Gasteiger partial charge in [0.05, 0.1) is 6.42 Å². The fourth-order valence-electron chi connectivity index (χ4n) is 1.49. The van der Waals surface area contributed by atoms with Gasteiger partial charge in [-0.25, -0.2) is 4.98 Å². The molecule has 6 heteroatoms. The standard InChI is InChI=1S/C8H13N5O/c14-8(5-7-10-6-11-12-7)13-3-1-9-2-4-13/h6,9H,1-5H2,(H,10,11,12). The monoisotopic (exact) mass is 195 g/mol. The number of carbonyl (C=O) groups excluding carboxylic acids is 1. The van der Waals surface area contributed by atoms with Crippen molar-refractivity contribution in [2.45, 2.75) is 6.42 Å². The summed E-state index contributed by atoms with van der Waals surface area (Å²) < 4.78 is 0. The highest BCUT2D eigenvalue weighted by molar-refractivity contribution is 5.78. The van der Waals surface area contributed by atoms with Crippen LogP contribution in [0.4, 0.5) is 0 Å². The van der Waals surface area contributed by atoms with Gasteiger partial charge >= 0.3 is 0 Å². The van der Waals surface area contributed by atoms with Crippen molar-refractivity contribution in [3.8, 4) is 0 Å². The fraction of sp³-hybridized carbons (Fsp3) is 0.625. The third kappa shape index (κ3) is 2.08. The van der Waals surface area contributed by atoms with Gasteiger partial charge in [0.25, 0.3) is 0 Å². The Morgan fingerprint density at radius 3 is 2.93 bits per heavy atom. The molecule has 2 heterocycles. The van der Waals surface area contributed by atoms with Gasteiger partial charge in [-0.15, -0.1) is 0 Å². The molecule has 2 rings (SSSR count). The minimum Gasteiger partial charge on any atom is -0.340 e. The first-order chi connectivity index (χ1) is 6.86. The first kappa shape index (κ1) is 9.14. The molecule has 0 bridgehead atoms. The lowest BCUT2D eigenvalue weighted by molar-refractivity contribution is -0.131. The number of hydrogen-bond donors (Lipinski definition) is 2. The molecule has 1 aromatic rings. The summed E-state index contributed by atoms with van der Waals surface area (Å²) in [7, 11) is 0. The predicted octanol–water partition coefficient (Wildman–Crippen LogP) is -1.22. The largest absolute Gasteiger partial charge is 0.340 e. The van der Waals surface area contributed by atoms with Crippen LogP contribution in [-0.4, -0.2) is 52.2 Å². The molecular formula is C8H13N5O. The van der Waals surface area contributed by atoms with E-state index < -0.39 is 0 Å². The maximum atomic E-state index is 11.7. The van der Waals surface area contributed by atoms with E-state index in [1.165, 1.54) is 6.33 Å². The summed E-state index contributed by atoms with van der Waals surface area (Å²) in [5.74, 6) is 0.747. The van der Waals surface area contributed by atoms with E-state index in [2.05, 4.69) is 20.5 Å². The van der Waals surface area contributed by atoms with Crippen LogP contribution in [0, 0.1) is 0 Å². The Morgan fingerprint density at radius 2 is 2.29 bits per heavy atom. The van der Waals surface area contributed by atoms with Crippen LogP contribution in [0.25, 0.3) is 0 Å². The lowest BCUT2D eigenvalue weighted by Crippen LogP contribution is -2.47. The van der Waals surface area contributed by atoms with Gasteiger partial charge in [-0.3, -0.25) is 9.89 Å². The Morgan fingerprint density at radius 1 is 1.50 bits per heavy atom. The van der Waals surface area contributed by atoms with Crippen LogP contribution in [0.5, 0.6) is 0 Å². The smallest absolute Gasteiger partial charge is 0.230 e. The number of aromatic nitrogens is 3. The molecule has 1 saturated heterocycles. The maximum absolute atomic E-state index is 11.7. The summed E-state index contributed by atoms with van der Waals surface area (Å²) in [6.45, 7) is 3.32. The van der Waals surface area contributed by atoms with Crippen molar-refractivity contribution in [1.82, 2.24) is 25.4 Å². The van der Waals surface area contributed by atoms with E-state index in [-0.39, 0.29) is 5.91 Å². The van der Waals surface area contributed by atoms with E-state index in [4.69, 9.17) is 0 Å². The molecule has 0 unspecified atom stereocenters. The van der Waals surface area contributed by atoms with E-state index >= 15 is 0 Å². The molecule has 6 nitrogen and oxygen atoms in total. The molecular weight excluding hydrogens is 182 g/mol. The molecule has 1 aliphatic rings. The topological polar surface area (TPSA) is 73.9 Å². The molecule has 14 heavy (non-hydrogen) atoms. The summed E-state index contributed by atoms with van der Waals surface area (Å²) in [6, 6.07) is 0. The number of hydrogen-bond acceptors (Lipinski definition) is 4. The molecule has 0 spiro atoms. The van der Waals surface area contributed by atoms with Gasteiger partial charge in [-0.05, 0) is 0 Å². The fourth-order valence-corrected chi connectivity index (χ4v) is 1.49. The van der Waals surface area contributed by atoms with Gasteiger partial charge < -0.3 is 10.2 Å². The Bertz CT molecular complexity index is 291. The van der Waals surface area contributed by atoms with Crippen molar-refractivity contribution in [2.75, 3.05) is 26.2 Å². The number of nitrogens with zero attached hydrogens (tertiary/aromatic N) is 3. The highest BCUT2D eigenvalue weighted by atomic mass is 16.2. The number of carbonyl (C=O) groups is 1. The maximum Gasteiger partial charge on any atom is 0.230 e. The molecule has 76 valence electrons. The Labute approximate surface area is 81.7 Å². The summed E-state index contributed by atoms with van der Waals surface area (Å²) in [6.07, 6.45) is 1.74. The van der Waals surface area contributed by atoms with E-state index in [0.29, 0.717) is 12.2 Å². The minimum absolute atomic E-state index is 0.114. The van der Waals surface area contributed by atoms with Crippen molar-refractivity contribution in [3.05, 3.63) is 12.2 Å². The molecule has 1 amide bonds. The third-order valence-electron chi connectivity index (χ3n) is 2.25. The van der Waals surface area contributed by atoms with Crippen LogP contribution in [-0.2, 0) is 11.2 Å². The van der Waals surface area contributed by atoms with Crippen molar-refractivity contribution in [3.63, 3.8) is 0 Å². The molecule has 1 aromatic heterocycles. The summed E-state index contributed by atoms with van der Waals surface area (Å²) >= 11 is 0. The highest BCUT2D eigenvalue weighted by Crippen LogP contribution is 1.98. The molecule has 0 aliphatic carbocycles. The van der Waals surface area contributed by atoms with E-state index in [0.717, 1.165) is 26.2 Å². The van der Waals surface area contributed by atoms with Crippen LogP contribution < -0.4 is 5.32 Å². The second kappa shape index (κ2) is 4.19. The number of aromatic amines is 1. The summed E-state index contributed by atoms with van der Waals surface area (Å²) in [4.78, 5) is 17.4. The van der Waals surface area contributed by atoms with Gasteiger partial charge in [0, 0.05) is 26.2 Å². The van der Waals surface area contributed by atoms with Gasteiger partial charge in [0.2, 0.25) is 5.91 Å². The first-order valence-corrected chi connectivity index (χ1v) is 4.69. The third-order valence-corrected chi connectivity index (χ3v) is 2.25. The molecule has 0 radical (unpaired) electrons. The van der Waals surface area contributed by atoms with Crippen molar-refractivity contribution in [2.24, 2.45) is 0 Å². The Hall–Kier alpha value is -1.43. The number of nitrogens with one attached hydrogen (secondary N) is 2. The van der Waals surface area contributed by atoms with Crippen LogP contribution in [0.15, 0.2) is 6.33 Å². The SMILES string of the molecule is O=C(Cc1ncn[nH]1)N1CCNCC1. The predicted molar refractivity (Wildman–Crippen MR) is 49.5 cm³/mol. The summed E-state index contributed by atoms with van der Waals surface area (Å²) in [5.41, 5.74) is 0. The molecule has 0 saturated carbocycles. The second-order valence-corrected chi connectivity index (χ2v) is 3.24. The normalized spacial score (nSPS) is 17.0. The average molecular weight is 195 g/mol. The van der Waals surface area contributed by atoms with E-state index in [1.54, 1.807) is 0 Å². The zero-order chi connectivity index (χ0) is 9.80. The minimum atomic E-state index is 0.114. The quantitative estimate of drug-likeness (QED) is 0.620. The number of H-pyrrole nitrogens is 1. The van der Waals surface area contributed by atoms with Crippen LogP contribution in [0.3, 0.4) is 0 Å². The van der Waals surface area contributed by atoms with E-state index in [9.17, 15) is 4.79 Å². The van der Waals surface area contributed by atoms with Crippen LogP contribution >= 0.6 is 0 Å². The van der Waals surface area contributed by atoms with Crippen LogP contribution in [0.1, 0.15) is 5.82 Å². The van der Waals surface area contributed by atoms with Gasteiger partial charge in [0.15, 0.2) is 0 Å².